The molecule has 1 atom stereocenters. The molecule has 0 bridgehead atoms. The van der Waals surface area contributed by atoms with Gasteiger partial charge in [-0.25, -0.2) is 0 Å². The minimum atomic E-state index is -4.04. The maximum atomic E-state index is 12.6. The van der Waals surface area contributed by atoms with Crippen molar-refractivity contribution in [3.63, 3.8) is 0 Å². The third kappa shape index (κ3) is 5.60. The Morgan fingerprint density at radius 2 is 1.76 bits per heavy atom. The number of likely N-dealkylation sites (N-methyl/N-ethyl adjacent to an activating group) is 1. The van der Waals surface area contributed by atoms with Gasteiger partial charge in [-0.05, 0) is 36.1 Å². The first kappa shape index (κ1) is 25.3. The highest BCUT2D eigenvalue weighted by atomic mass is 35.5. The van der Waals surface area contributed by atoms with Crippen LogP contribution in [0.15, 0.2) is 42.5 Å². The van der Waals surface area contributed by atoms with E-state index in [-0.39, 0.29) is 12.3 Å². The third-order valence-electron chi connectivity index (χ3n) is 5.22. The lowest BCUT2D eigenvalue weighted by atomic mass is 10.0. The molecule has 0 spiro atoms. The molecule has 1 aliphatic rings. The molecule has 0 aromatic heterocycles. The number of esters is 1. The first-order chi connectivity index (χ1) is 15.5. The molecule has 2 aromatic rings. The fourth-order valence-electron chi connectivity index (χ4n) is 3.46. The highest BCUT2D eigenvalue weighted by Gasteiger charge is 2.48. The molecular formula is C22H25Cl2N3O5S. The highest BCUT2D eigenvalue weighted by Crippen LogP contribution is 2.34. The lowest BCUT2D eigenvalue weighted by molar-refractivity contribution is -0.148. The van der Waals surface area contributed by atoms with Gasteiger partial charge in [0.2, 0.25) is 0 Å². The van der Waals surface area contributed by atoms with E-state index >= 15 is 0 Å². The van der Waals surface area contributed by atoms with Gasteiger partial charge >= 0.3 is 16.2 Å². The van der Waals surface area contributed by atoms with E-state index in [1.165, 1.54) is 7.05 Å². The van der Waals surface area contributed by atoms with Gasteiger partial charge in [0, 0.05) is 12.7 Å². The number of ether oxygens (including phenoxy) is 1. The molecule has 1 amide bonds. The normalized spacial score (nSPS) is 18.1. The molecular weight excluding hydrogens is 489 g/mol. The Bertz CT molecular complexity index is 1140. The number of para-hydroxylation sites is 2. The van der Waals surface area contributed by atoms with Crippen molar-refractivity contribution in [3.05, 3.63) is 58.1 Å². The van der Waals surface area contributed by atoms with Crippen LogP contribution in [0.1, 0.15) is 25.8 Å². The van der Waals surface area contributed by atoms with Crippen LogP contribution in [0.4, 0.5) is 11.4 Å². The Balaban J connectivity index is 1.69. The summed E-state index contributed by atoms with van der Waals surface area (Å²) in [7, 11) is -2.69. The van der Waals surface area contributed by atoms with Crippen molar-refractivity contribution in [2.75, 3.05) is 19.1 Å². The predicted molar refractivity (Wildman–Crippen MR) is 128 cm³/mol. The van der Waals surface area contributed by atoms with Crippen molar-refractivity contribution in [3.8, 4) is 0 Å². The Hall–Kier alpha value is -2.33. The minimum Gasteiger partial charge on any atom is -0.443 e. The number of nitrogens with zero attached hydrogens (tertiary/aromatic N) is 2. The number of carbonyl (C=O) groups is 2. The summed E-state index contributed by atoms with van der Waals surface area (Å²) in [6.07, 6.45) is 0.223. The number of amides is 1. The highest BCUT2D eigenvalue weighted by molar-refractivity contribution is 7.87. The lowest BCUT2D eigenvalue weighted by Crippen LogP contribution is -2.35. The van der Waals surface area contributed by atoms with Crippen LogP contribution in [0.2, 0.25) is 10.0 Å². The van der Waals surface area contributed by atoms with Crippen LogP contribution in [0.25, 0.3) is 0 Å². The number of hydrogen-bond donors (Lipinski definition) is 1. The SMILES string of the molecule is CC(C)C[C@H]1C(=O)N(COC(=O)Cc2ccccc2Nc2c(Cl)cccc2Cl)S(=O)(=O)N1C. The van der Waals surface area contributed by atoms with Crippen molar-refractivity contribution >= 4 is 56.7 Å². The van der Waals surface area contributed by atoms with Gasteiger partial charge in [0.05, 0.1) is 22.2 Å². The molecule has 1 heterocycles. The summed E-state index contributed by atoms with van der Waals surface area (Å²) in [6.45, 7) is 3.13. The largest absolute Gasteiger partial charge is 0.443 e. The van der Waals surface area contributed by atoms with Gasteiger partial charge in [0.1, 0.15) is 6.04 Å². The average Bonchev–Trinajstić information content (AvgIpc) is 2.89. The summed E-state index contributed by atoms with van der Waals surface area (Å²) in [5.41, 5.74) is 1.67. The van der Waals surface area contributed by atoms with Crippen LogP contribution in [-0.2, 0) is 31.0 Å². The van der Waals surface area contributed by atoms with Gasteiger partial charge in [-0.1, -0.05) is 61.3 Å². The van der Waals surface area contributed by atoms with Crippen molar-refractivity contribution in [1.29, 1.82) is 0 Å². The molecule has 1 N–H and O–H groups in total. The zero-order valence-corrected chi connectivity index (χ0v) is 20.7. The number of anilines is 2. The first-order valence-electron chi connectivity index (χ1n) is 10.3. The van der Waals surface area contributed by atoms with Gasteiger partial charge in [-0.3, -0.25) is 9.59 Å². The molecule has 178 valence electrons. The number of nitrogens with one attached hydrogen (secondary N) is 1. The van der Waals surface area contributed by atoms with E-state index in [0.717, 1.165) is 4.31 Å². The number of rotatable bonds is 8. The predicted octanol–water partition coefficient (Wildman–Crippen LogP) is 4.21. The lowest BCUT2D eigenvalue weighted by Gasteiger charge is -2.17. The molecule has 0 unspecified atom stereocenters. The van der Waals surface area contributed by atoms with Gasteiger partial charge < -0.3 is 10.1 Å². The Morgan fingerprint density at radius 1 is 1.12 bits per heavy atom. The molecule has 8 nitrogen and oxygen atoms in total. The van der Waals surface area contributed by atoms with Crippen LogP contribution >= 0.6 is 23.2 Å². The Morgan fingerprint density at radius 3 is 2.39 bits per heavy atom. The van der Waals surface area contributed by atoms with Crippen molar-refractivity contribution in [2.45, 2.75) is 32.7 Å². The molecule has 1 saturated heterocycles. The van der Waals surface area contributed by atoms with Gasteiger partial charge in [0.15, 0.2) is 6.73 Å². The Labute approximate surface area is 203 Å². The van der Waals surface area contributed by atoms with Gasteiger partial charge in [-0.2, -0.15) is 17.0 Å². The maximum Gasteiger partial charge on any atom is 0.312 e. The van der Waals surface area contributed by atoms with E-state index in [2.05, 4.69) is 5.32 Å². The molecule has 3 rings (SSSR count). The monoisotopic (exact) mass is 513 g/mol. The number of carbonyl (C=O) groups excluding carboxylic acids is 2. The van der Waals surface area contributed by atoms with E-state index in [1.807, 2.05) is 13.8 Å². The summed E-state index contributed by atoms with van der Waals surface area (Å²) < 4.78 is 32.0. The maximum absolute atomic E-state index is 12.6. The minimum absolute atomic E-state index is 0.120. The molecule has 1 aliphatic heterocycles. The van der Waals surface area contributed by atoms with E-state index < -0.39 is 34.9 Å². The van der Waals surface area contributed by atoms with Crippen molar-refractivity contribution in [1.82, 2.24) is 8.61 Å². The zero-order chi connectivity index (χ0) is 24.3. The summed E-state index contributed by atoms with van der Waals surface area (Å²) in [5.74, 6) is -1.17. The van der Waals surface area contributed by atoms with E-state index in [0.29, 0.717) is 37.7 Å². The van der Waals surface area contributed by atoms with Crippen molar-refractivity contribution < 1.29 is 22.7 Å². The van der Waals surface area contributed by atoms with Crippen LogP contribution < -0.4 is 5.32 Å². The quantitative estimate of drug-likeness (QED) is 0.531. The number of benzene rings is 2. The fourth-order valence-corrected chi connectivity index (χ4v) is 5.30. The van der Waals surface area contributed by atoms with Crippen LogP contribution in [0.3, 0.4) is 0 Å². The molecule has 0 radical (unpaired) electrons. The summed E-state index contributed by atoms with van der Waals surface area (Å²) in [6, 6.07) is 11.3. The summed E-state index contributed by atoms with van der Waals surface area (Å²) in [5, 5.41) is 3.95. The summed E-state index contributed by atoms with van der Waals surface area (Å²) >= 11 is 12.4. The molecule has 0 aliphatic carbocycles. The molecule has 1 fully saturated rings. The van der Waals surface area contributed by atoms with Crippen LogP contribution in [-0.4, -0.2) is 48.7 Å². The molecule has 11 heteroatoms. The second-order valence-corrected chi connectivity index (χ2v) is 10.8. The molecule has 2 aromatic carbocycles. The number of hydrogen-bond acceptors (Lipinski definition) is 6. The summed E-state index contributed by atoms with van der Waals surface area (Å²) in [4.78, 5) is 25.2. The zero-order valence-electron chi connectivity index (χ0n) is 18.4. The standard InChI is InChI=1S/C22H25Cl2N3O5S/c1-14(2)11-19-22(29)27(33(30,31)26(19)3)13-32-20(28)12-15-7-4-5-10-18(15)25-21-16(23)8-6-9-17(21)24/h4-10,14,19,25H,11-13H2,1-3H3/t19-/m0/s1. The van der Waals surface area contributed by atoms with E-state index in [1.54, 1.807) is 42.5 Å². The number of halogens is 2. The smallest absolute Gasteiger partial charge is 0.312 e. The molecule has 0 saturated carbocycles. The van der Waals surface area contributed by atoms with Crippen molar-refractivity contribution in [2.24, 2.45) is 5.92 Å². The first-order valence-corrected chi connectivity index (χ1v) is 12.4. The fraction of sp³-hybridized carbons (Fsp3) is 0.364. The topological polar surface area (TPSA) is 96.0 Å². The van der Waals surface area contributed by atoms with E-state index in [4.69, 9.17) is 27.9 Å². The Kier molecular flexibility index (Phi) is 7.89. The van der Waals surface area contributed by atoms with E-state index in [9.17, 15) is 18.0 Å². The van der Waals surface area contributed by atoms with Crippen LogP contribution in [0, 0.1) is 5.92 Å². The third-order valence-corrected chi connectivity index (χ3v) is 7.68. The van der Waals surface area contributed by atoms with Gasteiger partial charge in [0.25, 0.3) is 5.91 Å². The van der Waals surface area contributed by atoms with Gasteiger partial charge in [-0.15, -0.1) is 0 Å². The second-order valence-electron chi connectivity index (χ2n) is 8.06. The average molecular weight is 514 g/mol. The molecule has 33 heavy (non-hydrogen) atoms. The second kappa shape index (κ2) is 10.3. The van der Waals surface area contributed by atoms with Crippen LogP contribution in [0.5, 0.6) is 0 Å².